The second-order valence-electron chi connectivity index (χ2n) is 3.14. The van der Waals surface area contributed by atoms with Gasteiger partial charge < -0.3 is 4.74 Å². The van der Waals surface area contributed by atoms with E-state index in [9.17, 15) is 4.79 Å². The van der Waals surface area contributed by atoms with Gasteiger partial charge in [-0.2, -0.15) is 0 Å². The molecule has 5 heteroatoms. The average Bonchev–Trinajstić information content (AvgIpc) is 2.78. The number of hydrogen-bond donors (Lipinski definition) is 0. The summed E-state index contributed by atoms with van der Waals surface area (Å²) in [4.78, 5) is 19.9. The van der Waals surface area contributed by atoms with Gasteiger partial charge in [-0.1, -0.05) is 0 Å². The Morgan fingerprint density at radius 1 is 1.44 bits per heavy atom. The summed E-state index contributed by atoms with van der Waals surface area (Å²) in [6.45, 7) is 0. The van der Waals surface area contributed by atoms with Crippen LogP contribution in [0.25, 0.3) is 0 Å². The number of esters is 1. The highest BCUT2D eigenvalue weighted by molar-refractivity contribution is 7.13. The first-order valence-corrected chi connectivity index (χ1v) is 5.53. The van der Waals surface area contributed by atoms with Crippen LogP contribution in [0.4, 0.5) is 0 Å². The van der Waals surface area contributed by atoms with Crippen LogP contribution in [-0.2, 0) is 11.2 Å². The van der Waals surface area contributed by atoms with Gasteiger partial charge in [0.1, 0.15) is 4.88 Å². The molecule has 2 rings (SSSR count). The van der Waals surface area contributed by atoms with Crippen molar-refractivity contribution in [1.29, 1.82) is 0 Å². The summed E-state index contributed by atoms with van der Waals surface area (Å²) in [5, 5.41) is 0.895. The molecule has 0 atom stereocenters. The van der Waals surface area contributed by atoms with Crippen molar-refractivity contribution in [2.45, 2.75) is 6.42 Å². The van der Waals surface area contributed by atoms with Gasteiger partial charge in [0.25, 0.3) is 0 Å². The summed E-state index contributed by atoms with van der Waals surface area (Å²) < 4.78 is 4.62. The molecule has 0 saturated heterocycles. The Kier molecular flexibility index (Phi) is 3.26. The van der Waals surface area contributed by atoms with Crippen molar-refractivity contribution in [3.05, 3.63) is 46.2 Å². The van der Waals surface area contributed by atoms with Crippen LogP contribution >= 0.6 is 11.3 Å². The number of rotatable bonds is 3. The van der Waals surface area contributed by atoms with E-state index in [1.165, 1.54) is 18.4 Å². The van der Waals surface area contributed by atoms with Crippen LogP contribution in [-0.4, -0.2) is 23.0 Å². The van der Waals surface area contributed by atoms with Crippen molar-refractivity contribution < 1.29 is 9.53 Å². The molecule has 0 aliphatic carbocycles. The smallest absolute Gasteiger partial charge is 0.349 e. The normalized spacial score (nSPS) is 10.1. The quantitative estimate of drug-likeness (QED) is 0.761. The minimum absolute atomic E-state index is 0.335. The van der Waals surface area contributed by atoms with Gasteiger partial charge in [-0.15, -0.1) is 11.3 Å². The highest BCUT2D eigenvalue weighted by Crippen LogP contribution is 2.17. The molecule has 0 radical (unpaired) electrons. The fourth-order valence-corrected chi connectivity index (χ4v) is 2.13. The summed E-state index contributed by atoms with van der Waals surface area (Å²) in [7, 11) is 1.37. The summed E-state index contributed by atoms with van der Waals surface area (Å²) in [5.41, 5.74) is 1.13. The number of thiazole rings is 1. The number of carbonyl (C=O) groups is 1. The van der Waals surface area contributed by atoms with Gasteiger partial charge in [-0.3, -0.25) is 4.98 Å². The first kappa shape index (κ1) is 10.8. The maximum absolute atomic E-state index is 11.2. The van der Waals surface area contributed by atoms with Crippen LogP contribution < -0.4 is 0 Å². The zero-order chi connectivity index (χ0) is 11.4. The monoisotopic (exact) mass is 234 g/mol. The number of ether oxygens (including phenoxy) is 1. The van der Waals surface area contributed by atoms with E-state index in [0.717, 1.165) is 10.6 Å². The maximum Gasteiger partial charge on any atom is 0.349 e. The van der Waals surface area contributed by atoms with E-state index in [1.54, 1.807) is 18.6 Å². The maximum atomic E-state index is 11.2. The van der Waals surface area contributed by atoms with Gasteiger partial charge in [0, 0.05) is 18.8 Å². The molecule has 0 fully saturated rings. The fraction of sp³-hybridized carbons (Fsp3) is 0.182. The Labute approximate surface area is 96.9 Å². The lowest BCUT2D eigenvalue weighted by molar-refractivity contribution is 0.0606. The van der Waals surface area contributed by atoms with Gasteiger partial charge in [0.05, 0.1) is 18.3 Å². The predicted molar refractivity (Wildman–Crippen MR) is 60.5 cm³/mol. The standard InChI is InChI=1S/C11H10N2O2S/c1-15-11(14)9-7-13-10(16-9)6-8-2-4-12-5-3-8/h2-5,7H,6H2,1H3. The van der Waals surface area contributed by atoms with Crippen LogP contribution in [0.2, 0.25) is 0 Å². The molecule has 0 amide bonds. The molecule has 2 aromatic rings. The molecular formula is C11H10N2O2S. The first-order chi connectivity index (χ1) is 7.79. The van der Waals surface area contributed by atoms with Crippen LogP contribution in [0.15, 0.2) is 30.7 Å². The molecule has 0 N–H and O–H groups in total. The summed E-state index contributed by atoms with van der Waals surface area (Å²) >= 11 is 1.35. The molecule has 16 heavy (non-hydrogen) atoms. The molecule has 82 valence electrons. The third-order valence-electron chi connectivity index (χ3n) is 2.04. The lowest BCUT2D eigenvalue weighted by Crippen LogP contribution is -1.96. The molecule has 0 aliphatic rings. The molecule has 0 aromatic carbocycles. The van der Waals surface area contributed by atoms with Crippen LogP contribution in [0.5, 0.6) is 0 Å². The van der Waals surface area contributed by atoms with E-state index in [2.05, 4.69) is 14.7 Å². The lowest BCUT2D eigenvalue weighted by Gasteiger charge is -1.95. The van der Waals surface area contributed by atoms with E-state index in [-0.39, 0.29) is 5.97 Å². The molecule has 0 bridgehead atoms. The SMILES string of the molecule is COC(=O)c1cnc(Cc2ccncc2)s1. The molecular weight excluding hydrogens is 224 g/mol. The highest BCUT2D eigenvalue weighted by Gasteiger charge is 2.10. The number of aromatic nitrogens is 2. The summed E-state index contributed by atoms with van der Waals surface area (Å²) in [6.07, 6.45) is 5.74. The first-order valence-electron chi connectivity index (χ1n) is 4.71. The second kappa shape index (κ2) is 4.85. The minimum Gasteiger partial charge on any atom is -0.465 e. The zero-order valence-corrected chi connectivity index (χ0v) is 9.53. The van der Waals surface area contributed by atoms with E-state index in [0.29, 0.717) is 11.3 Å². The van der Waals surface area contributed by atoms with Crippen molar-refractivity contribution in [3.63, 3.8) is 0 Å². The van der Waals surface area contributed by atoms with E-state index >= 15 is 0 Å². The van der Waals surface area contributed by atoms with Crippen molar-refractivity contribution in [2.24, 2.45) is 0 Å². The summed E-state index contributed by atoms with van der Waals surface area (Å²) in [6, 6.07) is 3.86. The number of methoxy groups -OCH3 is 1. The summed E-state index contributed by atoms with van der Waals surface area (Å²) in [5.74, 6) is -0.335. The number of hydrogen-bond acceptors (Lipinski definition) is 5. The van der Waals surface area contributed by atoms with Crippen LogP contribution in [0, 0.1) is 0 Å². The Hall–Kier alpha value is -1.75. The predicted octanol–water partition coefficient (Wildman–Crippen LogP) is 1.92. The van der Waals surface area contributed by atoms with Crippen LogP contribution in [0.3, 0.4) is 0 Å². The third-order valence-corrected chi connectivity index (χ3v) is 3.02. The topological polar surface area (TPSA) is 52.1 Å². The number of carbonyl (C=O) groups excluding carboxylic acids is 1. The van der Waals surface area contributed by atoms with Gasteiger partial charge in [0.2, 0.25) is 0 Å². The molecule has 2 aromatic heterocycles. The second-order valence-corrected chi connectivity index (χ2v) is 4.26. The largest absolute Gasteiger partial charge is 0.465 e. The molecule has 4 nitrogen and oxygen atoms in total. The van der Waals surface area contributed by atoms with E-state index in [4.69, 9.17) is 0 Å². The molecule has 0 aliphatic heterocycles. The molecule has 0 saturated carbocycles. The van der Waals surface area contributed by atoms with Gasteiger partial charge in [-0.25, -0.2) is 9.78 Å². The number of pyridine rings is 1. The van der Waals surface area contributed by atoms with Gasteiger partial charge in [-0.05, 0) is 17.7 Å². The average molecular weight is 234 g/mol. The highest BCUT2D eigenvalue weighted by atomic mass is 32.1. The minimum atomic E-state index is -0.335. The Balaban J connectivity index is 2.12. The number of nitrogens with zero attached hydrogens (tertiary/aromatic N) is 2. The lowest BCUT2D eigenvalue weighted by atomic mass is 10.2. The van der Waals surface area contributed by atoms with Crippen molar-refractivity contribution in [3.8, 4) is 0 Å². The van der Waals surface area contributed by atoms with E-state index < -0.39 is 0 Å². The Morgan fingerprint density at radius 3 is 2.88 bits per heavy atom. The van der Waals surface area contributed by atoms with Crippen molar-refractivity contribution in [2.75, 3.05) is 7.11 Å². The van der Waals surface area contributed by atoms with E-state index in [1.807, 2.05) is 12.1 Å². The molecule has 0 unspecified atom stereocenters. The van der Waals surface area contributed by atoms with Crippen LogP contribution in [0.1, 0.15) is 20.2 Å². The molecule has 0 spiro atoms. The van der Waals surface area contributed by atoms with Gasteiger partial charge in [0.15, 0.2) is 0 Å². The Bertz CT molecular complexity index is 482. The van der Waals surface area contributed by atoms with Crippen molar-refractivity contribution >= 4 is 17.3 Å². The van der Waals surface area contributed by atoms with Crippen molar-refractivity contribution in [1.82, 2.24) is 9.97 Å². The fourth-order valence-electron chi connectivity index (χ4n) is 1.26. The Morgan fingerprint density at radius 2 is 2.19 bits per heavy atom. The zero-order valence-electron chi connectivity index (χ0n) is 8.71. The van der Waals surface area contributed by atoms with Gasteiger partial charge >= 0.3 is 5.97 Å². The third kappa shape index (κ3) is 2.43. The molecule has 2 heterocycles.